The summed E-state index contributed by atoms with van der Waals surface area (Å²) in [6, 6.07) is 6.09. The van der Waals surface area contributed by atoms with Crippen LogP contribution in [0.4, 0.5) is 0 Å². The minimum atomic E-state index is -1.66. The fourth-order valence-corrected chi connectivity index (χ4v) is 1.02. The Morgan fingerprint density at radius 3 is 2.12 bits per heavy atom. The van der Waals surface area contributed by atoms with Crippen molar-refractivity contribution in [1.82, 2.24) is 0 Å². The van der Waals surface area contributed by atoms with Gasteiger partial charge in [-0.3, -0.25) is 9.59 Å². The summed E-state index contributed by atoms with van der Waals surface area (Å²) >= 11 is 0. The van der Waals surface area contributed by atoms with E-state index in [0.717, 1.165) is 0 Å². The van der Waals surface area contributed by atoms with Crippen LogP contribution in [0.1, 0.15) is 6.42 Å². The van der Waals surface area contributed by atoms with Crippen LogP contribution in [0.2, 0.25) is 0 Å². The topological polar surface area (TPSA) is 89.9 Å². The number of benzene rings is 1. The molecular weight excluding hydrogens is 228 g/mol. The third-order valence-electron chi connectivity index (χ3n) is 1.83. The molecule has 90 valence electrons. The van der Waals surface area contributed by atoms with Gasteiger partial charge in [0.25, 0.3) is 5.78 Å². The first-order chi connectivity index (χ1) is 8.02. The number of ketones is 1. The molecule has 0 unspecified atom stereocenters. The van der Waals surface area contributed by atoms with E-state index in [4.69, 9.17) is 14.6 Å². The number of Topliss-reactive ketones (excluding diaryl/α,β-unsaturated/α-hetero) is 1. The zero-order valence-corrected chi connectivity index (χ0v) is 9.00. The average molecular weight is 238 g/mol. The highest BCUT2D eigenvalue weighted by molar-refractivity contribution is 6.35. The lowest BCUT2D eigenvalue weighted by Gasteiger charge is -2.04. The molecule has 0 radical (unpaired) electrons. The number of esters is 1. The van der Waals surface area contributed by atoms with Gasteiger partial charge in [-0.25, -0.2) is 4.79 Å². The molecule has 0 amide bonds. The second-order valence-electron chi connectivity index (χ2n) is 3.05. The van der Waals surface area contributed by atoms with Gasteiger partial charge in [-0.1, -0.05) is 0 Å². The van der Waals surface area contributed by atoms with Crippen LogP contribution in [0.25, 0.3) is 0 Å². The number of carbonyl (C=O) groups excluding carboxylic acids is 2. The van der Waals surface area contributed by atoms with Crippen molar-refractivity contribution in [2.45, 2.75) is 6.42 Å². The molecule has 1 rings (SSSR count). The van der Waals surface area contributed by atoms with Crippen molar-refractivity contribution in [2.75, 3.05) is 7.11 Å². The summed E-state index contributed by atoms with van der Waals surface area (Å²) < 4.78 is 9.65. The van der Waals surface area contributed by atoms with Crippen LogP contribution in [0.15, 0.2) is 24.3 Å². The number of aliphatic carboxylic acids is 1. The lowest BCUT2D eigenvalue weighted by Crippen LogP contribution is -2.20. The van der Waals surface area contributed by atoms with E-state index in [-0.39, 0.29) is 5.75 Å². The van der Waals surface area contributed by atoms with Gasteiger partial charge < -0.3 is 14.6 Å². The van der Waals surface area contributed by atoms with Crippen LogP contribution >= 0.6 is 0 Å². The van der Waals surface area contributed by atoms with Crippen molar-refractivity contribution in [1.29, 1.82) is 0 Å². The van der Waals surface area contributed by atoms with Gasteiger partial charge in [0.05, 0.1) is 7.11 Å². The molecule has 0 atom stereocenters. The van der Waals surface area contributed by atoms with E-state index in [1.807, 2.05) is 0 Å². The van der Waals surface area contributed by atoms with Crippen molar-refractivity contribution >= 4 is 17.7 Å². The summed E-state index contributed by atoms with van der Waals surface area (Å²) in [4.78, 5) is 32.1. The van der Waals surface area contributed by atoms with Crippen LogP contribution in [-0.4, -0.2) is 29.9 Å². The van der Waals surface area contributed by atoms with Crippen molar-refractivity contribution in [3.05, 3.63) is 24.3 Å². The first kappa shape index (κ1) is 12.7. The summed E-state index contributed by atoms with van der Waals surface area (Å²) in [5, 5.41) is 8.29. The Labute approximate surface area is 96.8 Å². The van der Waals surface area contributed by atoms with Gasteiger partial charge in [-0.15, -0.1) is 0 Å². The largest absolute Gasteiger partial charge is 0.497 e. The van der Waals surface area contributed by atoms with Crippen molar-refractivity contribution in [3.63, 3.8) is 0 Å². The fraction of sp³-hybridized carbons (Fsp3) is 0.182. The molecule has 1 aromatic rings. The van der Waals surface area contributed by atoms with E-state index in [2.05, 4.69) is 0 Å². The SMILES string of the molecule is COc1ccc(OC(=O)CC(=O)C(=O)O)cc1. The second-order valence-corrected chi connectivity index (χ2v) is 3.05. The van der Waals surface area contributed by atoms with Gasteiger partial charge in [-0.2, -0.15) is 0 Å². The third kappa shape index (κ3) is 3.94. The number of carbonyl (C=O) groups is 3. The highest BCUT2D eigenvalue weighted by atomic mass is 16.5. The monoisotopic (exact) mass is 238 g/mol. The first-order valence-electron chi connectivity index (χ1n) is 4.64. The van der Waals surface area contributed by atoms with Crippen molar-refractivity contribution in [3.8, 4) is 11.5 Å². The van der Waals surface area contributed by atoms with E-state index in [0.29, 0.717) is 5.75 Å². The maximum Gasteiger partial charge on any atom is 0.372 e. The number of methoxy groups -OCH3 is 1. The molecule has 0 bridgehead atoms. The molecule has 6 nitrogen and oxygen atoms in total. The molecule has 0 saturated carbocycles. The molecule has 0 saturated heterocycles. The van der Waals surface area contributed by atoms with Crippen LogP contribution in [0.5, 0.6) is 11.5 Å². The third-order valence-corrected chi connectivity index (χ3v) is 1.83. The molecule has 0 aliphatic heterocycles. The Morgan fingerprint density at radius 2 is 1.65 bits per heavy atom. The molecule has 0 fully saturated rings. The lowest BCUT2D eigenvalue weighted by atomic mass is 10.3. The smallest absolute Gasteiger partial charge is 0.372 e. The summed E-state index contributed by atoms with van der Waals surface area (Å²) in [6.07, 6.45) is -0.790. The number of carboxylic acid groups (broad SMARTS) is 1. The molecule has 0 spiro atoms. The summed E-state index contributed by atoms with van der Waals surface area (Å²) in [5.41, 5.74) is 0. The quantitative estimate of drug-likeness (QED) is 0.350. The summed E-state index contributed by atoms with van der Waals surface area (Å²) in [6.45, 7) is 0. The average Bonchev–Trinajstić information content (AvgIpc) is 2.29. The van der Waals surface area contributed by atoms with Crippen LogP contribution in [0.3, 0.4) is 0 Å². The molecule has 0 aliphatic rings. The normalized spacial score (nSPS) is 9.47. The summed E-state index contributed by atoms with van der Waals surface area (Å²) in [7, 11) is 1.49. The highest BCUT2D eigenvalue weighted by Crippen LogP contribution is 2.17. The first-order valence-corrected chi connectivity index (χ1v) is 4.64. The molecule has 0 aliphatic carbocycles. The second kappa shape index (κ2) is 5.64. The number of carboxylic acids is 1. The van der Waals surface area contributed by atoms with E-state index in [1.165, 1.54) is 19.2 Å². The predicted octanol–water partition coefficient (Wildman–Crippen LogP) is 0.644. The Bertz CT molecular complexity index is 434. The van der Waals surface area contributed by atoms with Gasteiger partial charge in [0, 0.05) is 0 Å². The van der Waals surface area contributed by atoms with E-state index >= 15 is 0 Å². The highest BCUT2D eigenvalue weighted by Gasteiger charge is 2.17. The molecule has 1 N–H and O–H groups in total. The molecule has 6 heteroatoms. The molecule has 0 heterocycles. The lowest BCUT2D eigenvalue weighted by molar-refractivity contribution is -0.152. The number of hydrogen-bond donors (Lipinski definition) is 1. The summed E-state index contributed by atoms with van der Waals surface area (Å²) in [5.74, 6) is -2.97. The van der Waals surface area contributed by atoms with Gasteiger partial charge in [-0.05, 0) is 24.3 Å². The fourth-order valence-electron chi connectivity index (χ4n) is 1.02. The Hall–Kier alpha value is -2.37. The van der Waals surface area contributed by atoms with E-state index < -0.39 is 24.1 Å². The Balaban J connectivity index is 2.56. The maximum absolute atomic E-state index is 11.1. The van der Waals surface area contributed by atoms with E-state index in [1.54, 1.807) is 12.1 Å². The van der Waals surface area contributed by atoms with Crippen LogP contribution in [-0.2, 0) is 14.4 Å². The van der Waals surface area contributed by atoms with Crippen molar-refractivity contribution in [2.24, 2.45) is 0 Å². The maximum atomic E-state index is 11.1. The number of rotatable bonds is 5. The molecular formula is C11H10O6. The number of hydrogen-bond acceptors (Lipinski definition) is 5. The van der Waals surface area contributed by atoms with Crippen LogP contribution < -0.4 is 9.47 Å². The standard InChI is InChI=1S/C11H10O6/c1-16-7-2-4-8(5-3-7)17-10(13)6-9(12)11(14)15/h2-5H,6H2,1H3,(H,14,15). The molecule has 0 aromatic heterocycles. The van der Waals surface area contributed by atoms with Gasteiger partial charge >= 0.3 is 11.9 Å². The van der Waals surface area contributed by atoms with Crippen LogP contribution in [0, 0.1) is 0 Å². The van der Waals surface area contributed by atoms with Gasteiger partial charge in [0.1, 0.15) is 17.9 Å². The zero-order chi connectivity index (χ0) is 12.8. The Morgan fingerprint density at radius 1 is 1.12 bits per heavy atom. The zero-order valence-electron chi connectivity index (χ0n) is 9.00. The van der Waals surface area contributed by atoms with Gasteiger partial charge in [0.15, 0.2) is 0 Å². The molecule has 17 heavy (non-hydrogen) atoms. The van der Waals surface area contributed by atoms with E-state index in [9.17, 15) is 14.4 Å². The predicted molar refractivity (Wildman–Crippen MR) is 55.9 cm³/mol. The van der Waals surface area contributed by atoms with Crippen molar-refractivity contribution < 1.29 is 29.0 Å². The number of ether oxygens (including phenoxy) is 2. The van der Waals surface area contributed by atoms with Gasteiger partial charge in [0.2, 0.25) is 0 Å². The minimum Gasteiger partial charge on any atom is -0.497 e. The molecule has 1 aromatic carbocycles. The Kier molecular flexibility index (Phi) is 4.21. The minimum absolute atomic E-state index is 0.217.